The Morgan fingerprint density at radius 3 is 2.24 bits per heavy atom. The predicted molar refractivity (Wildman–Crippen MR) is 86.7 cm³/mol. The van der Waals surface area contributed by atoms with Crippen LogP contribution in [0.4, 0.5) is 10.5 Å². The first-order chi connectivity index (χ1) is 9.69. The van der Waals surface area contributed by atoms with Gasteiger partial charge in [0, 0.05) is 16.7 Å². The highest BCUT2D eigenvalue weighted by Gasteiger charge is 2.31. The number of halogens is 1. The van der Waals surface area contributed by atoms with Crippen molar-refractivity contribution in [2.45, 2.75) is 34.1 Å². The highest BCUT2D eigenvalue weighted by atomic mass is 79.9. The van der Waals surface area contributed by atoms with Crippen LogP contribution in [0.2, 0.25) is 0 Å². The molecule has 5 nitrogen and oxygen atoms in total. The Hall–Kier alpha value is -1.56. The normalized spacial score (nSPS) is 13.4. The molecule has 0 aromatic heterocycles. The fraction of sp³-hybridized carbons (Fsp3) is 0.467. The number of anilines is 1. The number of hydrogen-bond donors (Lipinski definition) is 3. The van der Waals surface area contributed by atoms with Crippen molar-refractivity contribution in [2.75, 3.05) is 11.9 Å². The van der Waals surface area contributed by atoms with E-state index in [2.05, 4.69) is 26.6 Å². The molecule has 0 bridgehead atoms. The van der Waals surface area contributed by atoms with Crippen molar-refractivity contribution in [2.24, 2.45) is 5.41 Å². The quantitative estimate of drug-likeness (QED) is 0.752. The first-order valence-electron chi connectivity index (χ1n) is 6.74. The molecule has 1 rings (SSSR count). The van der Waals surface area contributed by atoms with Crippen LogP contribution in [0.15, 0.2) is 16.6 Å². The second-order valence-corrected chi connectivity index (χ2v) is 6.24. The van der Waals surface area contributed by atoms with E-state index in [1.54, 1.807) is 13.8 Å². The highest BCUT2D eigenvalue weighted by Crippen LogP contribution is 2.25. The SMILES string of the molecule is CCC(C)(CNC(=O)Nc1cc(C)c(Br)c(C)c1)C(=O)O. The van der Waals surface area contributed by atoms with Gasteiger partial charge in [0.1, 0.15) is 0 Å². The molecular weight excluding hydrogens is 336 g/mol. The summed E-state index contributed by atoms with van der Waals surface area (Å²) < 4.78 is 1.01. The van der Waals surface area contributed by atoms with Crippen molar-refractivity contribution < 1.29 is 14.7 Å². The Morgan fingerprint density at radius 1 is 1.29 bits per heavy atom. The van der Waals surface area contributed by atoms with Crippen LogP contribution in [0.5, 0.6) is 0 Å². The Balaban J connectivity index is 2.69. The minimum atomic E-state index is -0.955. The third-order valence-corrected chi connectivity index (χ3v) is 4.88. The average Bonchev–Trinajstić information content (AvgIpc) is 2.41. The molecule has 0 saturated carbocycles. The number of hydrogen-bond acceptors (Lipinski definition) is 2. The zero-order valence-corrected chi connectivity index (χ0v) is 14.3. The van der Waals surface area contributed by atoms with Gasteiger partial charge in [-0.1, -0.05) is 22.9 Å². The van der Waals surface area contributed by atoms with Crippen LogP contribution >= 0.6 is 15.9 Å². The van der Waals surface area contributed by atoms with Crippen molar-refractivity contribution in [1.82, 2.24) is 5.32 Å². The van der Waals surface area contributed by atoms with E-state index in [1.807, 2.05) is 26.0 Å². The summed E-state index contributed by atoms with van der Waals surface area (Å²) in [7, 11) is 0. The minimum absolute atomic E-state index is 0.0825. The molecule has 0 aliphatic carbocycles. The number of nitrogens with one attached hydrogen (secondary N) is 2. The Kier molecular flexibility index (Phi) is 5.78. The van der Waals surface area contributed by atoms with Gasteiger partial charge in [0.05, 0.1) is 5.41 Å². The number of amides is 2. The molecule has 0 aliphatic rings. The first kappa shape index (κ1) is 17.5. The molecular formula is C15H21BrN2O3. The lowest BCUT2D eigenvalue weighted by Crippen LogP contribution is -2.42. The average molecular weight is 357 g/mol. The number of rotatable bonds is 5. The van der Waals surface area contributed by atoms with E-state index in [9.17, 15) is 9.59 Å². The van der Waals surface area contributed by atoms with Gasteiger partial charge >= 0.3 is 12.0 Å². The molecule has 0 radical (unpaired) electrons. The van der Waals surface area contributed by atoms with Gasteiger partial charge in [-0.15, -0.1) is 0 Å². The highest BCUT2D eigenvalue weighted by molar-refractivity contribution is 9.10. The summed E-state index contributed by atoms with van der Waals surface area (Å²) in [5.74, 6) is -0.916. The van der Waals surface area contributed by atoms with E-state index in [1.165, 1.54) is 0 Å². The minimum Gasteiger partial charge on any atom is -0.481 e. The van der Waals surface area contributed by atoms with Crippen LogP contribution in [-0.4, -0.2) is 23.7 Å². The molecule has 3 N–H and O–H groups in total. The van der Waals surface area contributed by atoms with Crippen LogP contribution in [-0.2, 0) is 4.79 Å². The summed E-state index contributed by atoms with van der Waals surface area (Å²) in [6, 6.07) is 3.30. The van der Waals surface area contributed by atoms with Crippen LogP contribution in [0.3, 0.4) is 0 Å². The molecule has 1 atom stereocenters. The van der Waals surface area contributed by atoms with Crippen LogP contribution < -0.4 is 10.6 Å². The smallest absolute Gasteiger partial charge is 0.319 e. The molecule has 21 heavy (non-hydrogen) atoms. The van der Waals surface area contributed by atoms with E-state index in [-0.39, 0.29) is 6.54 Å². The lowest BCUT2D eigenvalue weighted by atomic mass is 9.88. The Morgan fingerprint density at radius 2 is 1.81 bits per heavy atom. The number of urea groups is 1. The maximum Gasteiger partial charge on any atom is 0.319 e. The molecule has 0 saturated heterocycles. The predicted octanol–water partition coefficient (Wildman–Crippen LogP) is 3.69. The van der Waals surface area contributed by atoms with Gasteiger partial charge < -0.3 is 15.7 Å². The van der Waals surface area contributed by atoms with Crippen LogP contribution in [0, 0.1) is 19.3 Å². The number of carbonyl (C=O) groups is 2. The fourth-order valence-corrected chi connectivity index (χ4v) is 2.05. The number of carbonyl (C=O) groups excluding carboxylic acids is 1. The number of benzene rings is 1. The van der Waals surface area contributed by atoms with Crippen molar-refractivity contribution in [1.29, 1.82) is 0 Å². The third kappa shape index (κ3) is 4.46. The summed E-state index contributed by atoms with van der Waals surface area (Å²) in [5, 5.41) is 14.5. The monoisotopic (exact) mass is 356 g/mol. The second kappa shape index (κ2) is 6.93. The van der Waals surface area contributed by atoms with Gasteiger partial charge in [0.2, 0.25) is 0 Å². The Bertz CT molecular complexity index is 537. The van der Waals surface area contributed by atoms with Gasteiger partial charge in [-0.25, -0.2) is 4.79 Å². The number of aryl methyl sites for hydroxylation is 2. The van der Waals surface area contributed by atoms with Crippen molar-refractivity contribution in [3.63, 3.8) is 0 Å². The van der Waals surface area contributed by atoms with Gasteiger partial charge in [0.15, 0.2) is 0 Å². The van der Waals surface area contributed by atoms with Crippen LogP contribution in [0.25, 0.3) is 0 Å². The molecule has 116 valence electrons. The summed E-state index contributed by atoms with van der Waals surface area (Å²) in [6.45, 7) is 7.37. The fourth-order valence-electron chi connectivity index (χ4n) is 1.82. The molecule has 1 aromatic rings. The summed E-state index contributed by atoms with van der Waals surface area (Å²) >= 11 is 3.47. The topological polar surface area (TPSA) is 78.4 Å². The molecule has 1 aromatic carbocycles. The van der Waals surface area contributed by atoms with Crippen molar-refractivity contribution in [3.05, 3.63) is 27.7 Å². The maximum absolute atomic E-state index is 11.9. The molecule has 1 unspecified atom stereocenters. The standard InChI is InChI=1S/C15H21BrN2O3/c1-5-15(4,13(19)20)8-17-14(21)18-11-6-9(2)12(16)10(3)7-11/h6-7H,5,8H2,1-4H3,(H,19,20)(H2,17,18,21). The third-order valence-electron chi connectivity index (χ3n) is 3.63. The van der Waals surface area contributed by atoms with E-state index in [0.29, 0.717) is 12.1 Å². The maximum atomic E-state index is 11.9. The van der Waals surface area contributed by atoms with E-state index in [0.717, 1.165) is 15.6 Å². The summed E-state index contributed by atoms with van der Waals surface area (Å²) in [6.07, 6.45) is 0.444. The van der Waals surface area contributed by atoms with Crippen molar-refractivity contribution in [3.8, 4) is 0 Å². The first-order valence-corrected chi connectivity index (χ1v) is 7.54. The number of carboxylic acid groups (broad SMARTS) is 1. The lowest BCUT2D eigenvalue weighted by molar-refractivity contribution is -0.147. The van der Waals surface area contributed by atoms with Gasteiger partial charge in [-0.2, -0.15) is 0 Å². The van der Waals surface area contributed by atoms with Gasteiger partial charge in [-0.3, -0.25) is 4.79 Å². The molecule has 0 heterocycles. The number of carboxylic acids is 1. The summed E-state index contributed by atoms with van der Waals surface area (Å²) in [5.41, 5.74) is 1.77. The van der Waals surface area contributed by atoms with E-state index < -0.39 is 17.4 Å². The molecule has 0 fully saturated rings. The zero-order valence-electron chi connectivity index (χ0n) is 12.7. The zero-order chi connectivity index (χ0) is 16.2. The van der Waals surface area contributed by atoms with Gasteiger partial charge in [0.25, 0.3) is 0 Å². The molecule has 2 amide bonds. The Labute approximate surface area is 133 Å². The molecule has 0 spiro atoms. The second-order valence-electron chi connectivity index (χ2n) is 5.45. The molecule has 0 aliphatic heterocycles. The van der Waals surface area contributed by atoms with Gasteiger partial charge in [-0.05, 0) is 50.5 Å². The summed E-state index contributed by atoms with van der Waals surface area (Å²) in [4.78, 5) is 23.1. The van der Waals surface area contributed by atoms with E-state index in [4.69, 9.17) is 5.11 Å². The van der Waals surface area contributed by atoms with E-state index >= 15 is 0 Å². The number of aliphatic carboxylic acids is 1. The molecule has 6 heteroatoms. The van der Waals surface area contributed by atoms with Crippen molar-refractivity contribution >= 4 is 33.6 Å². The van der Waals surface area contributed by atoms with Crippen LogP contribution in [0.1, 0.15) is 31.4 Å². The largest absolute Gasteiger partial charge is 0.481 e. The lowest BCUT2D eigenvalue weighted by Gasteiger charge is -2.23.